The fourth-order valence-corrected chi connectivity index (χ4v) is 2.36. The molecule has 1 heterocycles. The highest BCUT2D eigenvalue weighted by molar-refractivity contribution is 7.99. The van der Waals surface area contributed by atoms with E-state index >= 15 is 0 Å². The topological polar surface area (TPSA) is 43.6 Å². The molecular formula is C7H12N4S. The molecule has 1 aromatic rings. The van der Waals surface area contributed by atoms with Gasteiger partial charge in [0.1, 0.15) is 0 Å². The molecule has 0 unspecified atom stereocenters. The SMILES string of the molecule is CCn1nnnc1SC1CCC1. The Hall–Kier alpha value is -0.580. The molecule has 1 aromatic heterocycles. The summed E-state index contributed by atoms with van der Waals surface area (Å²) < 4.78 is 1.85. The van der Waals surface area contributed by atoms with Crippen LogP contribution in [0.3, 0.4) is 0 Å². The number of hydrogen-bond acceptors (Lipinski definition) is 4. The minimum absolute atomic E-state index is 0.765. The van der Waals surface area contributed by atoms with Crippen molar-refractivity contribution >= 4 is 11.8 Å². The zero-order valence-electron chi connectivity index (χ0n) is 7.10. The number of aromatic nitrogens is 4. The van der Waals surface area contributed by atoms with Crippen molar-refractivity contribution in [2.24, 2.45) is 0 Å². The molecule has 2 rings (SSSR count). The maximum absolute atomic E-state index is 3.97. The molecule has 12 heavy (non-hydrogen) atoms. The van der Waals surface area contributed by atoms with Crippen LogP contribution in [0.25, 0.3) is 0 Å². The van der Waals surface area contributed by atoms with E-state index in [0.29, 0.717) is 0 Å². The third-order valence-electron chi connectivity index (χ3n) is 2.12. The largest absolute Gasteiger partial charge is 0.221 e. The molecule has 0 radical (unpaired) electrons. The van der Waals surface area contributed by atoms with Crippen LogP contribution in [0.2, 0.25) is 0 Å². The van der Waals surface area contributed by atoms with E-state index in [2.05, 4.69) is 22.4 Å². The van der Waals surface area contributed by atoms with Crippen LogP contribution < -0.4 is 0 Å². The van der Waals surface area contributed by atoms with Gasteiger partial charge in [0.05, 0.1) is 0 Å². The van der Waals surface area contributed by atoms with Gasteiger partial charge >= 0.3 is 0 Å². The molecule has 0 amide bonds. The molecule has 1 fully saturated rings. The van der Waals surface area contributed by atoms with Crippen molar-refractivity contribution in [3.8, 4) is 0 Å². The summed E-state index contributed by atoms with van der Waals surface area (Å²) in [5.41, 5.74) is 0. The lowest BCUT2D eigenvalue weighted by molar-refractivity contribution is 0.516. The van der Waals surface area contributed by atoms with E-state index in [4.69, 9.17) is 0 Å². The summed E-state index contributed by atoms with van der Waals surface area (Å²) in [7, 11) is 0. The summed E-state index contributed by atoms with van der Waals surface area (Å²) >= 11 is 1.82. The van der Waals surface area contributed by atoms with Gasteiger partial charge in [0.2, 0.25) is 5.16 Å². The van der Waals surface area contributed by atoms with Crippen molar-refractivity contribution in [1.82, 2.24) is 20.2 Å². The number of hydrogen-bond donors (Lipinski definition) is 0. The summed E-state index contributed by atoms with van der Waals surface area (Å²) in [6.45, 7) is 2.92. The van der Waals surface area contributed by atoms with Gasteiger partial charge in [-0.2, -0.15) is 0 Å². The van der Waals surface area contributed by atoms with E-state index in [0.717, 1.165) is 17.0 Å². The van der Waals surface area contributed by atoms with Crippen LogP contribution in [0.1, 0.15) is 26.2 Å². The van der Waals surface area contributed by atoms with Gasteiger partial charge in [0.25, 0.3) is 0 Å². The Labute approximate surface area is 75.7 Å². The summed E-state index contributed by atoms with van der Waals surface area (Å²) in [4.78, 5) is 0. The molecule has 0 spiro atoms. The average Bonchev–Trinajstić information content (AvgIpc) is 2.43. The van der Waals surface area contributed by atoms with Gasteiger partial charge in [-0.1, -0.05) is 18.2 Å². The third kappa shape index (κ3) is 1.46. The second-order valence-electron chi connectivity index (χ2n) is 2.95. The predicted octanol–water partition coefficient (Wildman–Crippen LogP) is 1.34. The molecule has 0 bridgehead atoms. The number of aryl methyl sites for hydroxylation is 1. The molecule has 0 aromatic carbocycles. The molecule has 5 heteroatoms. The lowest BCUT2D eigenvalue weighted by Crippen LogP contribution is -2.14. The van der Waals surface area contributed by atoms with Gasteiger partial charge in [-0.05, 0) is 30.2 Å². The highest BCUT2D eigenvalue weighted by atomic mass is 32.2. The zero-order valence-corrected chi connectivity index (χ0v) is 7.92. The van der Waals surface area contributed by atoms with E-state index in [1.807, 2.05) is 16.4 Å². The standard InChI is InChI=1S/C7H12N4S/c1-2-11-7(8-9-10-11)12-6-4-3-5-6/h6H,2-5H2,1H3. The van der Waals surface area contributed by atoms with E-state index in [9.17, 15) is 0 Å². The van der Waals surface area contributed by atoms with Gasteiger partial charge in [-0.25, -0.2) is 4.68 Å². The minimum atomic E-state index is 0.765. The number of thioether (sulfide) groups is 1. The first kappa shape index (κ1) is 8.04. The highest BCUT2D eigenvalue weighted by Crippen LogP contribution is 2.34. The fraction of sp³-hybridized carbons (Fsp3) is 0.857. The maximum Gasteiger partial charge on any atom is 0.209 e. The Morgan fingerprint density at radius 1 is 1.58 bits per heavy atom. The monoisotopic (exact) mass is 184 g/mol. The quantitative estimate of drug-likeness (QED) is 0.711. The van der Waals surface area contributed by atoms with Crippen molar-refractivity contribution in [2.75, 3.05) is 0 Å². The lowest BCUT2D eigenvalue weighted by atomic mass is 10.0. The second-order valence-corrected chi connectivity index (χ2v) is 4.22. The number of rotatable bonds is 3. The Balaban J connectivity index is 2.00. The van der Waals surface area contributed by atoms with E-state index in [1.165, 1.54) is 19.3 Å². The Kier molecular flexibility index (Phi) is 2.30. The molecule has 4 nitrogen and oxygen atoms in total. The normalized spacial score (nSPS) is 17.8. The van der Waals surface area contributed by atoms with Gasteiger partial charge in [-0.3, -0.25) is 0 Å². The summed E-state index contributed by atoms with van der Waals surface area (Å²) in [5.74, 6) is 0. The molecule has 1 saturated carbocycles. The molecule has 0 N–H and O–H groups in total. The van der Waals surface area contributed by atoms with Crippen LogP contribution >= 0.6 is 11.8 Å². The van der Waals surface area contributed by atoms with E-state index in [-0.39, 0.29) is 0 Å². The maximum atomic E-state index is 3.97. The zero-order chi connectivity index (χ0) is 8.39. The smallest absolute Gasteiger partial charge is 0.209 e. The van der Waals surface area contributed by atoms with Crippen molar-refractivity contribution in [1.29, 1.82) is 0 Å². The van der Waals surface area contributed by atoms with Gasteiger partial charge in [0.15, 0.2) is 0 Å². The summed E-state index contributed by atoms with van der Waals surface area (Å²) in [6, 6.07) is 0. The van der Waals surface area contributed by atoms with Crippen LogP contribution in [-0.4, -0.2) is 25.5 Å². The molecule has 1 aliphatic carbocycles. The Morgan fingerprint density at radius 2 is 2.42 bits per heavy atom. The van der Waals surface area contributed by atoms with Crippen molar-refractivity contribution in [3.05, 3.63) is 0 Å². The van der Waals surface area contributed by atoms with Crippen LogP contribution in [0.4, 0.5) is 0 Å². The van der Waals surface area contributed by atoms with Crippen molar-refractivity contribution < 1.29 is 0 Å². The Morgan fingerprint density at radius 3 is 3.00 bits per heavy atom. The number of nitrogens with zero attached hydrogens (tertiary/aromatic N) is 4. The molecular weight excluding hydrogens is 172 g/mol. The van der Waals surface area contributed by atoms with Crippen LogP contribution in [-0.2, 0) is 6.54 Å². The third-order valence-corrected chi connectivity index (χ3v) is 3.43. The lowest BCUT2D eigenvalue weighted by Gasteiger charge is -2.23. The minimum Gasteiger partial charge on any atom is -0.221 e. The van der Waals surface area contributed by atoms with Crippen LogP contribution in [0, 0.1) is 0 Å². The highest BCUT2D eigenvalue weighted by Gasteiger charge is 2.21. The molecule has 1 aliphatic rings. The first-order chi connectivity index (χ1) is 5.90. The van der Waals surface area contributed by atoms with Crippen LogP contribution in [0.5, 0.6) is 0 Å². The number of tetrazole rings is 1. The summed E-state index contributed by atoms with van der Waals surface area (Å²) in [5, 5.41) is 13.2. The van der Waals surface area contributed by atoms with Gasteiger partial charge < -0.3 is 0 Å². The molecule has 66 valence electrons. The molecule has 0 atom stereocenters. The molecule has 0 saturated heterocycles. The van der Waals surface area contributed by atoms with Crippen LogP contribution in [0.15, 0.2) is 5.16 Å². The fourth-order valence-electron chi connectivity index (χ4n) is 1.12. The average molecular weight is 184 g/mol. The van der Waals surface area contributed by atoms with Gasteiger partial charge in [0, 0.05) is 11.8 Å². The van der Waals surface area contributed by atoms with Gasteiger partial charge in [-0.15, -0.1) is 5.10 Å². The first-order valence-electron chi connectivity index (χ1n) is 4.33. The Bertz CT molecular complexity index is 256. The molecule has 0 aliphatic heterocycles. The summed E-state index contributed by atoms with van der Waals surface area (Å²) in [6.07, 6.45) is 4.01. The van der Waals surface area contributed by atoms with E-state index in [1.54, 1.807) is 0 Å². The van der Waals surface area contributed by atoms with E-state index < -0.39 is 0 Å². The van der Waals surface area contributed by atoms with Crippen molar-refractivity contribution in [3.63, 3.8) is 0 Å². The first-order valence-corrected chi connectivity index (χ1v) is 5.21. The van der Waals surface area contributed by atoms with Crippen molar-refractivity contribution in [2.45, 2.75) is 43.1 Å². The second kappa shape index (κ2) is 3.43. The predicted molar refractivity (Wildman–Crippen MR) is 47.0 cm³/mol.